The minimum atomic E-state index is -0.236. The van der Waals surface area contributed by atoms with Gasteiger partial charge in [-0.1, -0.05) is 18.2 Å². The van der Waals surface area contributed by atoms with Gasteiger partial charge in [-0.3, -0.25) is 19.8 Å². The van der Waals surface area contributed by atoms with Crippen molar-refractivity contribution in [2.45, 2.75) is 33.6 Å². The SMILES string of the molecule is C=C(C)/C=C(/C)C(=N)N1CCN(C(=O)c2ccc(N3CCCC3=O)cc2C(=O)N(C)CC)CC1. The number of benzene rings is 1. The molecule has 0 spiro atoms. The zero-order chi connectivity index (χ0) is 25.0. The Kier molecular flexibility index (Phi) is 7.91. The van der Waals surface area contributed by atoms with E-state index in [1.807, 2.05) is 31.7 Å². The van der Waals surface area contributed by atoms with Crippen molar-refractivity contribution in [3.05, 3.63) is 53.1 Å². The molecule has 8 heteroatoms. The smallest absolute Gasteiger partial charge is 0.254 e. The normalized spacial score (nSPS) is 16.6. The molecule has 2 aliphatic rings. The molecule has 3 rings (SSSR count). The number of carbonyl (C=O) groups excluding carboxylic acids is 3. The molecule has 182 valence electrons. The molecular formula is C26H35N5O3. The Morgan fingerprint density at radius 2 is 1.74 bits per heavy atom. The van der Waals surface area contributed by atoms with E-state index in [0.29, 0.717) is 68.3 Å². The minimum Gasteiger partial charge on any atom is -0.353 e. The fourth-order valence-electron chi connectivity index (χ4n) is 4.32. The molecule has 0 unspecified atom stereocenters. The average Bonchev–Trinajstić information content (AvgIpc) is 3.27. The van der Waals surface area contributed by atoms with Gasteiger partial charge in [0, 0.05) is 58.4 Å². The molecule has 3 amide bonds. The molecular weight excluding hydrogens is 430 g/mol. The van der Waals surface area contributed by atoms with Crippen LogP contribution in [-0.4, -0.2) is 84.6 Å². The van der Waals surface area contributed by atoms with Crippen LogP contribution in [-0.2, 0) is 4.79 Å². The van der Waals surface area contributed by atoms with E-state index in [1.165, 1.54) is 0 Å². The lowest BCUT2D eigenvalue weighted by Crippen LogP contribution is -2.51. The van der Waals surface area contributed by atoms with Gasteiger partial charge in [0.05, 0.1) is 11.1 Å². The summed E-state index contributed by atoms with van der Waals surface area (Å²) < 4.78 is 0. The van der Waals surface area contributed by atoms with E-state index < -0.39 is 0 Å². The van der Waals surface area contributed by atoms with Crippen molar-refractivity contribution in [3.8, 4) is 0 Å². The lowest BCUT2D eigenvalue weighted by Gasteiger charge is -2.36. The summed E-state index contributed by atoms with van der Waals surface area (Å²) >= 11 is 0. The standard InChI is InChI=1S/C26H35N5O3/c1-6-28(5)25(33)22-17-20(31-11-7-8-23(31)32)9-10-21(22)26(34)30-14-12-29(13-15-30)24(27)19(4)16-18(2)3/h9-10,16-17,27H,2,6-8,11-15H2,1,3-5H3/b19-16-,27-24?. The van der Waals surface area contributed by atoms with Gasteiger partial charge >= 0.3 is 0 Å². The summed E-state index contributed by atoms with van der Waals surface area (Å²) in [6.45, 7) is 12.7. The summed E-state index contributed by atoms with van der Waals surface area (Å²) in [6.07, 6.45) is 3.17. The first kappa shape index (κ1) is 25.2. The fourth-order valence-corrected chi connectivity index (χ4v) is 4.32. The van der Waals surface area contributed by atoms with Gasteiger partial charge < -0.3 is 19.6 Å². The van der Waals surface area contributed by atoms with E-state index >= 15 is 0 Å². The quantitative estimate of drug-likeness (QED) is 0.397. The molecule has 2 saturated heterocycles. The number of carbonyl (C=O) groups is 3. The maximum absolute atomic E-state index is 13.5. The maximum Gasteiger partial charge on any atom is 0.254 e. The van der Waals surface area contributed by atoms with E-state index in [2.05, 4.69) is 6.58 Å². The number of hydrogen-bond donors (Lipinski definition) is 1. The molecule has 0 saturated carbocycles. The lowest BCUT2D eigenvalue weighted by molar-refractivity contribution is -0.117. The highest BCUT2D eigenvalue weighted by molar-refractivity contribution is 6.08. The van der Waals surface area contributed by atoms with E-state index in [9.17, 15) is 14.4 Å². The number of piperazine rings is 1. The first-order chi connectivity index (χ1) is 16.1. The van der Waals surface area contributed by atoms with Crippen molar-refractivity contribution >= 4 is 29.2 Å². The first-order valence-corrected chi connectivity index (χ1v) is 11.8. The van der Waals surface area contributed by atoms with Gasteiger partial charge in [0.1, 0.15) is 5.84 Å². The van der Waals surface area contributed by atoms with Gasteiger partial charge in [0.25, 0.3) is 11.8 Å². The Hall–Kier alpha value is -3.42. The van der Waals surface area contributed by atoms with Crippen LogP contribution in [0.2, 0.25) is 0 Å². The van der Waals surface area contributed by atoms with Crippen LogP contribution >= 0.6 is 0 Å². The van der Waals surface area contributed by atoms with Crippen LogP contribution in [0.15, 0.2) is 42.0 Å². The van der Waals surface area contributed by atoms with Crippen LogP contribution in [0.25, 0.3) is 0 Å². The molecule has 1 aromatic carbocycles. The molecule has 0 aromatic heterocycles. The van der Waals surface area contributed by atoms with Gasteiger partial charge in [-0.15, -0.1) is 0 Å². The third kappa shape index (κ3) is 5.38. The van der Waals surface area contributed by atoms with Crippen molar-refractivity contribution in [2.75, 3.05) is 51.2 Å². The number of rotatable bonds is 6. The van der Waals surface area contributed by atoms with Gasteiger partial charge in [0.15, 0.2) is 0 Å². The monoisotopic (exact) mass is 465 g/mol. The van der Waals surface area contributed by atoms with Crippen molar-refractivity contribution in [1.82, 2.24) is 14.7 Å². The number of nitrogens with zero attached hydrogens (tertiary/aromatic N) is 4. The molecule has 8 nitrogen and oxygen atoms in total. The molecule has 1 aromatic rings. The van der Waals surface area contributed by atoms with E-state index in [1.54, 1.807) is 39.9 Å². The van der Waals surface area contributed by atoms with Gasteiger partial charge in [-0.05, 0) is 51.0 Å². The Morgan fingerprint density at radius 3 is 2.29 bits per heavy atom. The maximum atomic E-state index is 13.5. The zero-order valence-corrected chi connectivity index (χ0v) is 20.7. The van der Waals surface area contributed by atoms with Crippen molar-refractivity contribution in [2.24, 2.45) is 0 Å². The van der Waals surface area contributed by atoms with Gasteiger partial charge in [0.2, 0.25) is 5.91 Å². The predicted molar refractivity (Wildman–Crippen MR) is 134 cm³/mol. The number of anilines is 1. The molecule has 1 N–H and O–H groups in total. The number of amidine groups is 1. The van der Waals surface area contributed by atoms with Crippen LogP contribution in [0.1, 0.15) is 54.3 Å². The number of nitrogens with one attached hydrogen (secondary N) is 1. The summed E-state index contributed by atoms with van der Waals surface area (Å²) in [5.74, 6) is 0.0406. The zero-order valence-electron chi connectivity index (χ0n) is 20.7. The lowest BCUT2D eigenvalue weighted by atomic mass is 10.0. The van der Waals surface area contributed by atoms with E-state index in [4.69, 9.17) is 5.41 Å². The predicted octanol–water partition coefficient (Wildman–Crippen LogP) is 3.16. The Labute approximate surface area is 202 Å². The molecule has 2 aliphatic heterocycles. The molecule has 0 radical (unpaired) electrons. The third-order valence-electron chi connectivity index (χ3n) is 6.39. The second-order valence-electron chi connectivity index (χ2n) is 9.00. The van der Waals surface area contributed by atoms with Crippen LogP contribution in [0.3, 0.4) is 0 Å². The second kappa shape index (κ2) is 10.7. The fraction of sp³-hybridized carbons (Fsp3) is 0.462. The average molecular weight is 466 g/mol. The summed E-state index contributed by atoms with van der Waals surface area (Å²) in [5, 5.41) is 8.43. The Morgan fingerprint density at radius 1 is 1.09 bits per heavy atom. The Bertz CT molecular complexity index is 1040. The third-order valence-corrected chi connectivity index (χ3v) is 6.39. The van der Waals surface area contributed by atoms with Crippen molar-refractivity contribution in [1.29, 1.82) is 5.41 Å². The van der Waals surface area contributed by atoms with Crippen LogP contribution in [0, 0.1) is 5.41 Å². The van der Waals surface area contributed by atoms with E-state index in [-0.39, 0.29) is 17.7 Å². The summed E-state index contributed by atoms with van der Waals surface area (Å²) in [4.78, 5) is 45.8. The van der Waals surface area contributed by atoms with Crippen LogP contribution in [0.5, 0.6) is 0 Å². The second-order valence-corrected chi connectivity index (χ2v) is 9.00. The Balaban J connectivity index is 1.81. The summed E-state index contributed by atoms with van der Waals surface area (Å²) in [7, 11) is 1.70. The van der Waals surface area contributed by atoms with Gasteiger partial charge in [-0.25, -0.2) is 0 Å². The largest absolute Gasteiger partial charge is 0.353 e. The summed E-state index contributed by atoms with van der Waals surface area (Å²) in [6, 6.07) is 5.12. The molecule has 0 atom stereocenters. The molecule has 0 bridgehead atoms. The van der Waals surface area contributed by atoms with Crippen LogP contribution < -0.4 is 4.90 Å². The number of hydrogen-bond acceptors (Lipinski definition) is 4. The van der Waals surface area contributed by atoms with Crippen LogP contribution in [0.4, 0.5) is 5.69 Å². The van der Waals surface area contributed by atoms with Crippen molar-refractivity contribution in [3.63, 3.8) is 0 Å². The molecule has 0 aliphatic carbocycles. The topological polar surface area (TPSA) is 88.0 Å². The first-order valence-electron chi connectivity index (χ1n) is 11.8. The minimum absolute atomic E-state index is 0.0379. The van der Waals surface area contributed by atoms with Gasteiger partial charge in [-0.2, -0.15) is 0 Å². The molecule has 2 fully saturated rings. The molecule has 34 heavy (non-hydrogen) atoms. The summed E-state index contributed by atoms with van der Waals surface area (Å²) in [5.41, 5.74) is 3.06. The molecule has 2 heterocycles. The number of allylic oxidation sites excluding steroid dienone is 2. The highest BCUT2D eigenvalue weighted by Crippen LogP contribution is 2.26. The van der Waals surface area contributed by atoms with E-state index in [0.717, 1.165) is 17.6 Å². The highest BCUT2D eigenvalue weighted by Gasteiger charge is 2.29. The van der Waals surface area contributed by atoms with Crippen molar-refractivity contribution < 1.29 is 14.4 Å². The highest BCUT2D eigenvalue weighted by atomic mass is 16.2. The number of amides is 3.